The molecule has 2 rings (SSSR count). The van der Waals surface area contributed by atoms with Crippen LogP contribution in [0.3, 0.4) is 0 Å². The second kappa shape index (κ2) is 5.54. The highest BCUT2D eigenvalue weighted by Crippen LogP contribution is 2.23. The van der Waals surface area contributed by atoms with Gasteiger partial charge in [0.05, 0.1) is 18.2 Å². The lowest BCUT2D eigenvalue weighted by atomic mass is 10.2. The predicted octanol–water partition coefficient (Wildman–Crippen LogP) is 2.24. The Kier molecular flexibility index (Phi) is 4.05. The molecule has 1 aromatic rings. The summed E-state index contributed by atoms with van der Waals surface area (Å²) in [7, 11) is 0. The summed E-state index contributed by atoms with van der Waals surface area (Å²) in [4.78, 5) is 16.0. The van der Waals surface area contributed by atoms with Gasteiger partial charge in [0.2, 0.25) is 5.91 Å². The predicted molar refractivity (Wildman–Crippen MR) is 66.9 cm³/mol. The molecule has 1 amide bonds. The van der Waals surface area contributed by atoms with Crippen LogP contribution in [0.1, 0.15) is 43.7 Å². The second-order valence-corrected chi connectivity index (χ2v) is 4.89. The van der Waals surface area contributed by atoms with Gasteiger partial charge in [-0.25, -0.2) is 4.98 Å². The molecule has 0 bridgehead atoms. The van der Waals surface area contributed by atoms with Crippen molar-refractivity contribution >= 4 is 17.5 Å². The Labute approximate surface area is 106 Å². The van der Waals surface area contributed by atoms with Crippen molar-refractivity contribution < 1.29 is 4.79 Å². The Bertz CT molecular complexity index is 385. The molecule has 0 saturated heterocycles. The summed E-state index contributed by atoms with van der Waals surface area (Å²) in [6.45, 7) is 2.78. The third-order valence-corrected chi connectivity index (χ3v) is 3.70. The van der Waals surface area contributed by atoms with Crippen molar-refractivity contribution in [3.05, 3.63) is 18.2 Å². The fourth-order valence-corrected chi connectivity index (χ4v) is 2.53. The van der Waals surface area contributed by atoms with E-state index in [-0.39, 0.29) is 5.91 Å². The van der Waals surface area contributed by atoms with E-state index < -0.39 is 5.38 Å². The highest BCUT2D eigenvalue weighted by atomic mass is 35.5. The molecule has 1 heterocycles. The van der Waals surface area contributed by atoms with Crippen LogP contribution in [0.2, 0.25) is 0 Å². The first-order chi connectivity index (χ1) is 8.22. The lowest BCUT2D eigenvalue weighted by molar-refractivity contribution is -0.121. The molecule has 0 aromatic carbocycles. The average molecular weight is 256 g/mol. The molecule has 5 heteroatoms. The largest absolute Gasteiger partial charge is 0.352 e. The maximum atomic E-state index is 12.0. The SMILES string of the molecule is CCn1cncc1C(Cl)C(=O)NC1CCCC1. The minimum Gasteiger partial charge on any atom is -0.352 e. The second-order valence-electron chi connectivity index (χ2n) is 4.46. The number of amides is 1. The number of rotatable bonds is 4. The average Bonchev–Trinajstić information content (AvgIpc) is 2.97. The van der Waals surface area contributed by atoms with Crippen molar-refractivity contribution in [2.24, 2.45) is 0 Å². The first kappa shape index (κ1) is 12.4. The number of nitrogens with one attached hydrogen (secondary N) is 1. The third-order valence-electron chi connectivity index (χ3n) is 3.28. The van der Waals surface area contributed by atoms with Crippen LogP contribution in [-0.4, -0.2) is 21.5 Å². The minimum absolute atomic E-state index is 0.103. The van der Waals surface area contributed by atoms with E-state index in [1.165, 1.54) is 12.8 Å². The van der Waals surface area contributed by atoms with Crippen molar-refractivity contribution in [2.75, 3.05) is 0 Å². The first-order valence-electron chi connectivity index (χ1n) is 6.17. The quantitative estimate of drug-likeness (QED) is 0.839. The molecule has 0 aliphatic heterocycles. The molecular formula is C12H18ClN3O. The van der Waals surface area contributed by atoms with Gasteiger partial charge >= 0.3 is 0 Å². The van der Waals surface area contributed by atoms with Gasteiger partial charge in [0.25, 0.3) is 0 Å². The fourth-order valence-electron chi connectivity index (χ4n) is 2.29. The van der Waals surface area contributed by atoms with Gasteiger partial charge in [0.1, 0.15) is 0 Å². The van der Waals surface area contributed by atoms with Crippen LogP contribution >= 0.6 is 11.6 Å². The highest BCUT2D eigenvalue weighted by molar-refractivity contribution is 6.30. The molecule has 1 aliphatic carbocycles. The molecule has 94 valence electrons. The molecule has 1 aromatic heterocycles. The van der Waals surface area contributed by atoms with Crippen molar-refractivity contribution in [3.8, 4) is 0 Å². The van der Waals surface area contributed by atoms with Crippen molar-refractivity contribution in [1.29, 1.82) is 0 Å². The van der Waals surface area contributed by atoms with Gasteiger partial charge < -0.3 is 9.88 Å². The summed E-state index contributed by atoms with van der Waals surface area (Å²) in [5.41, 5.74) is 0.768. The fraction of sp³-hybridized carbons (Fsp3) is 0.667. The topological polar surface area (TPSA) is 46.9 Å². The van der Waals surface area contributed by atoms with E-state index in [0.717, 1.165) is 25.1 Å². The molecule has 1 fully saturated rings. The van der Waals surface area contributed by atoms with Gasteiger partial charge in [-0.2, -0.15) is 0 Å². The molecule has 1 aliphatic rings. The lowest BCUT2D eigenvalue weighted by Gasteiger charge is -2.16. The summed E-state index contributed by atoms with van der Waals surface area (Å²) in [6.07, 6.45) is 7.91. The van der Waals surface area contributed by atoms with Gasteiger partial charge in [-0.1, -0.05) is 12.8 Å². The summed E-state index contributed by atoms with van der Waals surface area (Å²) in [5, 5.41) is 2.37. The standard InChI is InChI=1S/C12H18ClN3O/c1-2-16-8-14-7-10(16)11(13)12(17)15-9-5-3-4-6-9/h7-9,11H,2-6H2,1H3,(H,15,17). The summed E-state index contributed by atoms with van der Waals surface area (Å²) in [6, 6.07) is 0.307. The van der Waals surface area contributed by atoms with E-state index in [1.807, 2.05) is 11.5 Å². The summed E-state index contributed by atoms with van der Waals surface area (Å²) in [5.74, 6) is -0.103. The van der Waals surface area contributed by atoms with Gasteiger partial charge in [-0.3, -0.25) is 4.79 Å². The van der Waals surface area contributed by atoms with Gasteiger partial charge in [-0.15, -0.1) is 11.6 Å². The molecular weight excluding hydrogens is 238 g/mol. The van der Waals surface area contributed by atoms with E-state index in [2.05, 4.69) is 10.3 Å². The Balaban J connectivity index is 1.98. The molecule has 1 N–H and O–H groups in total. The molecule has 17 heavy (non-hydrogen) atoms. The Morgan fingerprint density at radius 2 is 2.35 bits per heavy atom. The molecule has 4 nitrogen and oxygen atoms in total. The van der Waals surface area contributed by atoms with Crippen LogP contribution in [0.15, 0.2) is 12.5 Å². The number of imidazole rings is 1. The molecule has 1 unspecified atom stereocenters. The number of hydrogen-bond acceptors (Lipinski definition) is 2. The van der Waals surface area contributed by atoms with Crippen LogP contribution in [0.4, 0.5) is 0 Å². The number of aromatic nitrogens is 2. The Morgan fingerprint density at radius 3 is 3.00 bits per heavy atom. The van der Waals surface area contributed by atoms with Crippen LogP contribution in [0, 0.1) is 0 Å². The van der Waals surface area contributed by atoms with Gasteiger partial charge in [0, 0.05) is 12.6 Å². The van der Waals surface area contributed by atoms with E-state index in [4.69, 9.17) is 11.6 Å². The number of nitrogens with zero attached hydrogens (tertiary/aromatic N) is 2. The zero-order valence-corrected chi connectivity index (χ0v) is 10.8. The lowest BCUT2D eigenvalue weighted by Crippen LogP contribution is -2.35. The minimum atomic E-state index is -0.641. The first-order valence-corrected chi connectivity index (χ1v) is 6.60. The van der Waals surface area contributed by atoms with E-state index in [1.54, 1.807) is 12.5 Å². The Morgan fingerprint density at radius 1 is 1.65 bits per heavy atom. The van der Waals surface area contributed by atoms with Crippen molar-refractivity contribution in [1.82, 2.24) is 14.9 Å². The maximum Gasteiger partial charge on any atom is 0.244 e. The van der Waals surface area contributed by atoms with Crippen LogP contribution in [-0.2, 0) is 11.3 Å². The van der Waals surface area contributed by atoms with Gasteiger partial charge in [-0.05, 0) is 19.8 Å². The van der Waals surface area contributed by atoms with E-state index in [0.29, 0.717) is 6.04 Å². The summed E-state index contributed by atoms with van der Waals surface area (Å²) >= 11 is 6.19. The molecule has 0 spiro atoms. The number of hydrogen-bond donors (Lipinski definition) is 1. The van der Waals surface area contributed by atoms with E-state index >= 15 is 0 Å². The van der Waals surface area contributed by atoms with E-state index in [9.17, 15) is 4.79 Å². The highest BCUT2D eigenvalue weighted by Gasteiger charge is 2.24. The Hall–Kier alpha value is -1.03. The number of carbonyl (C=O) groups is 1. The number of alkyl halides is 1. The number of halogens is 1. The third kappa shape index (κ3) is 2.80. The van der Waals surface area contributed by atoms with Crippen LogP contribution < -0.4 is 5.32 Å². The number of aryl methyl sites for hydroxylation is 1. The van der Waals surface area contributed by atoms with Crippen LogP contribution in [0.25, 0.3) is 0 Å². The normalized spacial score (nSPS) is 18.2. The monoisotopic (exact) mass is 255 g/mol. The van der Waals surface area contributed by atoms with Crippen molar-refractivity contribution in [2.45, 2.75) is 50.6 Å². The van der Waals surface area contributed by atoms with Crippen LogP contribution in [0.5, 0.6) is 0 Å². The summed E-state index contributed by atoms with van der Waals surface area (Å²) < 4.78 is 1.89. The zero-order valence-electron chi connectivity index (χ0n) is 10.0. The van der Waals surface area contributed by atoms with Gasteiger partial charge in [0.15, 0.2) is 5.38 Å². The molecule has 1 atom stereocenters. The molecule has 0 radical (unpaired) electrons. The number of carbonyl (C=O) groups excluding carboxylic acids is 1. The van der Waals surface area contributed by atoms with Crippen molar-refractivity contribution in [3.63, 3.8) is 0 Å². The zero-order chi connectivity index (χ0) is 12.3. The smallest absolute Gasteiger partial charge is 0.244 e. The maximum absolute atomic E-state index is 12.0. The molecule has 1 saturated carbocycles.